The Morgan fingerprint density at radius 2 is 1.91 bits per heavy atom. The lowest BCUT2D eigenvalue weighted by Crippen LogP contribution is -2.39. The van der Waals surface area contributed by atoms with Crippen molar-refractivity contribution in [1.82, 2.24) is 0 Å². The van der Waals surface area contributed by atoms with E-state index in [2.05, 4.69) is 11.3 Å². The summed E-state index contributed by atoms with van der Waals surface area (Å²) in [7, 11) is 1.12. The number of carbonyl (C=O) groups is 2. The molecule has 0 bridgehead atoms. The van der Waals surface area contributed by atoms with Crippen LogP contribution in [0.3, 0.4) is 0 Å². The second kappa shape index (κ2) is 8.28. The summed E-state index contributed by atoms with van der Waals surface area (Å²) in [6, 6.07) is 4.14. The molecule has 1 rings (SSSR count). The Bertz CT molecular complexity index is 613. The van der Waals surface area contributed by atoms with Crippen LogP contribution in [0.2, 0.25) is 5.02 Å². The highest BCUT2D eigenvalue weighted by Crippen LogP contribution is 2.31. The van der Waals surface area contributed by atoms with Gasteiger partial charge in [0.1, 0.15) is 0 Å². The average molecular weight is 342 g/mol. The van der Waals surface area contributed by atoms with E-state index >= 15 is 0 Å². The van der Waals surface area contributed by atoms with Crippen molar-refractivity contribution in [3.8, 4) is 0 Å². The second-order valence-corrected chi connectivity index (χ2v) is 4.96. The van der Waals surface area contributed by atoms with E-state index in [9.17, 15) is 19.7 Å². The summed E-state index contributed by atoms with van der Waals surface area (Å²) in [5.74, 6) is -3.13. The van der Waals surface area contributed by atoms with Crippen LogP contribution in [0.4, 0.5) is 0 Å². The molecule has 0 aromatic heterocycles. The van der Waals surface area contributed by atoms with Crippen LogP contribution in [0.15, 0.2) is 36.4 Å². The van der Waals surface area contributed by atoms with E-state index in [4.69, 9.17) is 16.3 Å². The summed E-state index contributed by atoms with van der Waals surface area (Å²) < 4.78 is 9.32. The molecule has 1 aromatic rings. The van der Waals surface area contributed by atoms with Gasteiger partial charge in [0.25, 0.3) is 0 Å². The smallest absolute Gasteiger partial charge is 0.382 e. The fraction of sp³-hybridized carbons (Fsp3) is 0.333. The topological polar surface area (TPSA) is 95.7 Å². The number of benzene rings is 1. The predicted octanol–water partition coefficient (Wildman–Crippen LogP) is 2.36. The normalized spacial score (nSPS) is 12.8. The number of hydrogen-bond donors (Lipinski definition) is 0. The monoisotopic (exact) mass is 341 g/mol. The number of hydrogen-bond acceptors (Lipinski definition) is 6. The highest BCUT2D eigenvalue weighted by Gasteiger charge is 2.44. The Balaban J connectivity index is 3.38. The van der Waals surface area contributed by atoms with Gasteiger partial charge in [0.05, 0.1) is 19.6 Å². The van der Waals surface area contributed by atoms with E-state index in [1.54, 1.807) is 0 Å². The first-order chi connectivity index (χ1) is 10.8. The summed E-state index contributed by atoms with van der Waals surface area (Å²) in [4.78, 5) is 34.4. The molecule has 0 saturated carbocycles. The lowest BCUT2D eigenvalue weighted by atomic mass is 9.85. The molecule has 0 saturated heterocycles. The third-order valence-corrected chi connectivity index (χ3v) is 3.38. The number of nitro groups is 1. The minimum absolute atomic E-state index is 0.0266. The quantitative estimate of drug-likeness (QED) is 0.327. The first-order valence-corrected chi connectivity index (χ1v) is 7.04. The van der Waals surface area contributed by atoms with Crippen LogP contribution in [0.1, 0.15) is 18.4 Å². The summed E-state index contributed by atoms with van der Waals surface area (Å²) in [6.45, 7) is 5.05. The molecule has 2 atom stereocenters. The molecular formula is C15H16ClNO6. The highest BCUT2D eigenvalue weighted by molar-refractivity contribution is 6.30. The van der Waals surface area contributed by atoms with Gasteiger partial charge in [-0.2, -0.15) is 0 Å². The molecule has 0 spiro atoms. The molecule has 7 nitrogen and oxygen atoms in total. The fourth-order valence-corrected chi connectivity index (χ4v) is 2.20. The summed E-state index contributed by atoms with van der Waals surface area (Å²) in [6.07, 6.45) is 0. The number of halogens is 1. The summed E-state index contributed by atoms with van der Waals surface area (Å²) >= 11 is 5.80. The number of esters is 2. The molecule has 0 amide bonds. The van der Waals surface area contributed by atoms with Crippen LogP contribution in [0.25, 0.3) is 0 Å². The molecule has 0 fully saturated rings. The van der Waals surface area contributed by atoms with E-state index < -0.39 is 28.8 Å². The van der Waals surface area contributed by atoms with Gasteiger partial charge in [-0.25, -0.2) is 9.59 Å². The Labute approximate surface area is 138 Å². The van der Waals surface area contributed by atoms with Gasteiger partial charge in [-0.05, 0) is 24.6 Å². The first-order valence-electron chi connectivity index (χ1n) is 6.66. The van der Waals surface area contributed by atoms with E-state index in [1.807, 2.05) is 0 Å². The number of carbonyl (C=O) groups excluding carboxylic acids is 2. The predicted molar refractivity (Wildman–Crippen MR) is 82.8 cm³/mol. The van der Waals surface area contributed by atoms with Crippen LogP contribution in [0, 0.1) is 10.1 Å². The lowest BCUT2D eigenvalue weighted by molar-refractivity contribution is -0.513. The summed E-state index contributed by atoms with van der Waals surface area (Å²) in [5, 5.41) is 11.8. The van der Waals surface area contributed by atoms with Gasteiger partial charge in [-0.1, -0.05) is 30.3 Å². The maximum Gasteiger partial charge on any atom is 0.382 e. The molecule has 0 aliphatic heterocycles. The van der Waals surface area contributed by atoms with Gasteiger partial charge in [0.2, 0.25) is 0 Å². The maximum absolute atomic E-state index is 12.0. The van der Waals surface area contributed by atoms with Crippen molar-refractivity contribution in [2.24, 2.45) is 0 Å². The second-order valence-electron chi connectivity index (χ2n) is 4.53. The van der Waals surface area contributed by atoms with Crippen molar-refractivity contribution >= 4 is 23.5 Å². The fourth-order valence-electron chi connectivity index (χ4n) is 2.07. The molecule has 8 heteroatoms. The standard InChI is InChI=1S/C15H16ClNO6/c1-4-23-15(19)13(17(20)21)12(9(2)14(18)22-3)10-5-7-11(16)8-6-10/h5-8,12-13H,2,4H2,1,3H3. The van der Waals surface area contributed by atoms with Crippen LogP contribution in [-0.4, -0.2) is 36.6 Å². The van der Waals surface area contributed by atoms with Crippen molar-refractivity contribution < 1.29 is 24.0 Å². The third kappa shape index (κ3) is 4.53. The van der Waals surface area contributed by atoms with Crippen molar-refractivity contribution in [2.75, 3.05) is 13.7 Å². The Morgan fingerprint density at radius 1 is 1.35 bits per heavy atom. The highest BCUT2D eigenvalue weighted by atomic mass is 35.5. The minimum Gasteiger partial charge on any atom is -0.466 e. The van der Waals surface area contributed by atoms with Crippen LogP contribution >= 0.6 is 11.6 Å². The third-order valence-electron chi connectivity index (χ3n) is 3.12. The van der Waals surface area contributed by atoms with Crippen LogP contribution in [0.5, 0.6) is 0 Å². The van der Waals surface area contributed by atoms with Crippen LogP contribution < -0.4 is 0 Å². The first kappa shape index (κ1) is 18.6. The van der Waals surface area contributed by atoms with Crippen molar-refractivity contribution in [2.45, 2.75) is 18.9 Å². The van der Waals surface area contributed by atoms with E-state index in [0.717, 1.165) is 7.11 Å². The Kier molecular flexibility index (Phi) is 6.71. The molecule has 23 heavy (non-hydrogen) atoms. The van der Waals surface area contributed by atoms with E-state index in [1.165, 1.54) is 31.2 Å². The molecule has 0 aliphatic rings. The van der Waals surface area contributed by atoms with E-state index in [-0.39, 0.29) is 12.2 Å². The zero-order valence-electron chi connectivity index (χ0n) is 12.7. The zero-order valence-corrected chi connectivity index (χ0v) is 13.4. The van der Waals surface area contributed by atoms with Gasteiger partial charge < -0.3 is 9.47 Å². The molecular weight excluding hydrogens is 326 g/mol. The van der Waals surface area contributed by atoms with Crippen molar-refractivity contribution in [1.29, 1.82) is 0 Å². The Morgan fingerprint density at radius 3 is 2.35 bits per heavy atom. The number of ether oxygens (including phenoxy) is 2. The molecule has 124 valence electrons. The van der Waals surface area contributed by atoms with Gasteiger partial charge >= 0.3 is 18.0 Å². The summed E-state index contributed by atoms with van der Waals surface area (Å²) in [5.41, 5.74) is 0.115. The lowest BCUT2D eigenvalue weighted by Gasteiger charge is -2.21. The molecule has 0 aliphatic carbocycles. The minimum atomic E-state index is -1.82. The SMILES string of the molecule is C=C(C(=O)OC)C(c1ccc(Cl)cc1)C(C(=O)OCC)[N+](=O)[O-]. The van der Waals surface area contributed by atoms with Gasteiger partial charge in [0.15, 0.2) is 0 Å². The number of methoxy groups -OCH3 is 1. The maximum atomic E-state index is 12.0. The molecule has 2 unspecified atom stereocenters. The molecule has 0 radical (unpaired) electrons. The number of rotatable bonds is 7. The molecule has 0 heterocycles. The van der Waals surface area contributed by atoms with Gasteiger partial charge in [-0.3, -0.25) is 10.1 Å². The van der Waals surface area contributed by atoms with Crippen molar-refractivity contribution in [3.63, 3.8) is 0 Å². The van der Waals surface area contributed by atoms with E-state index in [0.29, 0.717) is 10.6 Å². The van der Waals surface area contributed by atoms with Crippen molar-refractivity contribution in [3.05, 3.63) is 57.1 Å². The number of nitrogens with zero attached hydrogens (tertiary/aromatic N) is 1. The molecule has 1 aromatic carbocycles. The average Bonchev–Trinajstić information content (AvgIpc) is 2.51. The van der Waals surface area contributed by atoms with Gasteiger partial charge in [-0.15, -0.1) is 0 Å². The van der Waals surface area contributed by atoms with Gasteiger partial charge in [0, 0.05) is 15.5 Å². The molecule has 0 N–H and O–H groups in total. The zero-order chi connectivity index (χ0) is 17.6. The Hall–Kier alpha value is -2.41. The van der Waals surface area contributed by atoms with Crippen LogP contribution in [-0.2, 0) is 19.1 Å². The largest absolute Gasteiger partial charge is 0.466 e.